The lowest BCUT2D eigenvalue weighted by Crippen LogP contribution is -2.56. The van der Waals surface area contributed by atoms with E-state index in [0.29, 0.717) is 0 Å². The first-order valence-corrected chi connectivity index (χ1v) is 8.30. The van der Waals surface area contributed by atoms with E-state index in [1.807, 2.05) is 0 Å². The third kappa shape index (κ3) is 2.98. The summed E-state index contributed by atoms with van der Waals surface area (Å²) in [6.07, 6.45) is 0. The van der Waals surface area contributed by atoms with Crippen LogP contribution in [-0.2, 0) is 4.74 Å². The molecule has 0 aliphatic heterocycles. The lowest BCUT2D eigenvalue weighted by Gasteiger charge is -2.31. The highest BCUT2D eigenvalue weighted by Crippen LogP contribution is 2.45. The number of alkyl halides is 4. The molecule has 0 N–H and O–H groups in total. The topological polar surface area (TPSA) is 9.23 Å². The fourth-order valence-electron chi connectivity index (χ4n) is 0.642. The van der Waals surface area contributed by atoms with Gasteiger partial charge in [0, 0.05) is 6.61 Å². The molecule has 0 rings (SSSR count). The Morgan fingerprint density at radius 2 is 1.64 bits per heavy atom. The minimum Gasteiger partial charge on any atom is -0.375 e. The van der Waals surface area contributed by atoms with Crippen molar-refractivity contribution in [2.24, 2.45) is 0 Å². The summed E-state index contributed by atoms with van der Waals surface area (Å²) in [4.78, 5) is 0. The average molecular weight is 273 g/mol. The van der Waals surface area contributed by atoms with Crippen molar-refractivity contribution in [2.75, 3.05) is 13.2 Å². The zero-order valence-electron chi connectivity index (χ0n) is 7.59. The summed E-state index contributed by atoms with van der Waals surface area (Å²) >= 11 is 10.2. The van der Waals surface area contributed by atoms with Gasteiger partial charge in [0.05, 0.1) is 0 Å². The molecular weight excluding hydrogens is 263 g/mol. The molecule has 0 aromatic rings. The Morgan fingerprint density at radius 1 is 1.21 bits per heavy atom. The van der Waals surface area contributed by atoms with Crippen LogP contribution in [0.3, 0.4) is 0 Å². The van der Waals surface area contributed by atoms with Gasteiger partial charge in [-0.25, -0.2) is 8.78 Å². The molecule has 0 fully saturated rings. The van der Waals surface area contributed by atoms with Crippen LogP contribution in [0, 0.1) is 0 Å². The first-order valence-electron chi connectivity index (χ1n) is 3.77. The molecule has 14 heavy (non-hydrogen) atoms. The van der Waals surface area contributed by atoms with Gasteiger partial charge in [-0.1, -0.05) is 0 Å². The summed E-state index contributed by atoms with van der Waals surface area (Å²) in [7, 11) is 0. The van der Waals surface area contributed by atoms with Crippen LogP contribution >= 0.6 is 22.2 Å². The summed E-state index contributed by atoms with van der Waals surface area (Å²) < 4.78 is 56.0. The molecule has 86 valence electrons. The molecule has 0 heterocycles. The van der Waals surface area contributed by atoms with Crippen LogP contribution in [0.5, 0.6) is 0 Å². The predicted molar refractivity (Wildman–Crippen MR) is 49.7 cm³/mol. The second-order valence-corrected chi connectivity index (χ2v) is 10.3. The van der Waals surface area contributed by atoms with Gasteiger partial charge in [-0.2, -0.15) is 8.78 Å². The standard InChI is InChI=1S/C6H10Cl2F4OSi/c1-3-13-4-5(9,10)6(11,12)14(2,7)8/h3-4H2,1-2H3. The quantitative estimate of drug-likeness (QED) is 0.424. The Bertz CT molecular complexity index is 195. The summed E-state index contributed by atoms with van der Waals surface area (Å²) in [5, 5.41) is 0. The maximum Gasteiger partial charge on any atom is 0.331 e. The van der Waals surface area contributed by atoms with Gasteiger partial charge in [0.15, 0.2) is 0 Å². The molecule has 0 amide bonds. The van der Waals surface area contributed by atoms with E-state index in [1.54, 1.807) is 0 Å². The van der Waals surface area contributed by atoms with E-state index in [0.717, 1.165) is 6.55 Å². The minimum atomic E-state index is -4.40. The third-order valence-corrected chi connectivity index (χ3v) is 4.39. The van der Waals surface area contributed by atoms with Crippen molar-refractivity contribution in [3.63, 3.8) is 0 Å². The Balaban J connectivity index is 4.69. The molecule has 0 saturated carbocycles. The molecular formula is C6H10Cl2F4OSi. The van der Waals surface area contributed by atoms with Crippen molar-refractivity contribution in [1.29, 1.82) is 0 Å². The molecule has 0 aromatic heterocycles. The third-order valence-electron chi connectivity index (χ3n) is 1.50. The van der Waals surface area contributed by atoms with Gasteiger partial charge >= 0.3 is 18.2 Å². The Morgan fingerprint density at radius 3 is 1.93 bits per heavy atom. The Kier molecular flexibility index (Phi) is 4.70. The van der Waals surface area contributed by atoms with Crippen molar-refractivity contribution in [3.05, 3.63) is 0 Å². The highest BCUT2D eigenvalue weighted by atomic mass is 35.7. The highest BCUT2D eigenvalue weighted by Gasteiger charge is 2.67. The van der Waals surface area contributed by atoms with Gasteiger partial charge in [0.1, 0.15) is 6.61 Å². The fraction of sp³-hybridized carbons (Fsp3) is 1.00. The Labute approximate surface area is 89.7 Å². The van der Waals surface area contributed by atoms with Gasteiger partial charge < -0.3 is 4.74 Å². The van der Waals surface area contributed by atoms with Gasteiger partial charge in [-0.05, 0) is 13.5 Å². The number of halogens is 6. The molecule has 0 aliphatic rings. The lowest BCUT2D eigenvalue weighted by atomic mass is 10.4. The lowest BCUT2D eigenvalue weighted by molar-refractivity contribution is -0.191. The minimum absolute atomic E-state index is 0.0749. The molecule has 0 atom stereocenters. The molecule has 0 aliphatic carbocycles. The van der Waals surface area contributed by atoms with E-state index in [1.165, 1.54) is 6.92 Å². The molecule has 1 nitrogen and oxygen atoms in total. The molecule has 0 bridgehead atoms. The molecule has 0 saturated heterocycles. The second kappa shape index (κ2) is 4.55. The normalized spacial score (nSPS) is 14.6. The number of ether oxygens (including phenoxy) is 1. The van der Waals surface area contributed by atoms with Crippen LogP contribution in [0.15, 0.2) is 0 Å². The average Bonchev–Trinajstić information content (AvgIpc) is 1.98. The molecule has 0 aromatic carbocycles. The van der Waals surface area contributed by atoms with Crippen molar-refractivity contribution in [3.8, 4) is 0 Å². The van der Waals surface area contributed by atoms with Crippen LogP contribution < -0.4 is 0 Å². The van der Waals surface area contributed by atoms with E-state index in [2.05, 4.69) is 4.74 Å². The second-order valence-electron chi connectivity index (χ2n) is 2.80. The van der Waals surface area contributed by atoms with Crippen molar-refractivity contribution in [2.45, 2.75) is 24.9 Å². The maximum atomic E-state index is 13.0. The zero-order chi connectivity index (χ0) is 11.6. The van der Waals surface area contributed by atoms with Crippen LogP contribution in [-0.4, -0.2) is 31.4 Å². The first-order chi connectivity index (χ1) is 6.06. The summed E-state index contributed by atoms with van der Waals surface area (Å²) in [6, 6.07) is 0. The van der Waals surface area contributed by atoms with Crippen molar-refractivity contribution >= 4 is 28.9 Å². The predicted octanol–water partition coefficient (Wildman–Crippen LogP) is 3.38. The van der Waals surface area contributed by atoms with E-state index in [-0.39, 0.29) is 6.61 Å². The summed E-state index contributed by atoms with van der Waals surface area (Å²) in [5.41, 5.74) is -4.40. The van der Waals surface area contributed by atoms with Crippen molar-refractivity contribution < 1.29 is 22.3 Å². The smallest absolute Gasteiger partial charge is 0.331 e. The summed E-state index contributed by atoms with van der Waals surface area (Å²) in [6.45, 7) is -3.57. The first kappa shape index (κ1) is 14.5. The SMILES string of the molecule is CCOCC(F)(F)C(F)(F)[Si](C)(Cl)Cl. The largest absolute Gasteiger partial charge is 0.375 e. The van der Waals surface area contributed by atoms with Gasteiger partial charge in [-0.3, -0.25) is 0 Å². The van der Waals surface area contributed by atoms with Crippen LogP contribution in [0.25, 0.3) is 0 Å². The monoisotopic (exact) mass is 272 g/mol. The number of hydrogen-bond donors (Lipinski definition) is 0. The van der Waals surface area contributed by atoms with Crippen LogP contribution in [0.2, 0.25) is 6.55 Å². The van der Waals surface area contributed by atoms with Crippen molar-refractivity contribution in [1.82, 2.24) is 0 Å². The van der Waals surface area contributed by atoms with E-state index in [4.69, 9.17) is 22.2 Å². The molecule has 0 unspecified atom stereocenters. The van der Waals surface area contributed by atoms with Gasteiger partial charge in [-0.15, -0.1) is 22.2 Å². The highest BCUT2D eigenvalue weighted by molar-refractivity contribution is 7.46. The zero-order valence-corrected chi connectivity index (χ0v) is 10.1. The van der Waals surface area contributed by atoms with Gasteiger partial charge in [0.2, 0.25) is 0 Å². The fourth-order valence-corrected chi connectivity index (χ4v) is 2.19. The van der Waals surface area contributed by atoms with Gasteiger partial charge in [0.25, 0.3) is 0 Å². The number of hydrogen-bond acceptors (Lipinski definition) is 1. The van der Waals surface area contributed by atoms with E-state index in [9.17, 15) is 17.6 Å². The van der Waals surface area contributed by atoms with E-state index >= 15 is 0 Å². The summed E-state index contributed by atoms with van der Waals surface area (Å²) in [5.74, 6) is -4.33. The Hall–Kier alpha value is 0.477. The molecule has 0 spiro atoms. The molecule has 0 radical (unpaired) electrons. The van der Waals surface area contributed by atoms with Crippen LogP contribution in [0.1, 0.15) is 6.92 Å². The molecule has 8 heteroatoms. The van der Waals surface area contributed by atoms with Crippen LogP contribution in [0.4, 0.5) is 17.6 Å². The number of rotatable bonds is 5. The maximum absolute atomic E-state index is 13.0. The van der Waals surface area contributed by atoms with E-state index < -0.39 is 24.8 Å².